The van der Waals surface area contributed by atoms with Gasteiger partial charge in [0.25, 0.3) is 0 Å². The Hall–Kier alpha value is -1.97. The minimum atomic E-state index is -0.901. The molecule has 4 heteroatoms. The number of carboxylic acid groups (broad SMARTS) is 1. The van der Waals surface area contributed by atoms with Crippen LogP contribution in [0.15, 0.2) is 28.7 Å². The van der Waals surface area contributed by atoms with Crippen LogP contribution in [0.25, 0.3) is 11.0 Å². The number of carboxylic acids is 1. The van der Waals surface area contributed by atoms with Crippen molar-refractivity contribution in [2.24, 2.45) is 0 Å². The van der Waals surface area contributed by atoms with Crippen LogP contribution in [-0.4, -0.2) is 11.1 Å². The summed E-state index contributed by atoms with van der Waals surface area (Å²) in [6, 6.07) is 6.94. The van der Waals surface area contributed by atoms with Crippen LogP contribution >= 0.6 is 0 Å². The van der Waals surface area contributed by atoms with Gasteiger partial charge < -0.3 is 15.3 Å². The van der Waals surface area contributed by atoms with E-state index in [9.17, 15) is 4.79 Å². The third-order valence-electron chi connectivity index (χ3n) is 2.36. The van der Waals surface area contributed by atoms with Gasteiger partial charge >= 0.3 is 5.97 Å². The standard InChI is InChI=1S/C11H11NO3/c1-6(11(13)14)10-5-7-4-8(12)2-3-9(7)15-10/h2-6H,12H2,1H3,(H,13,14). The SMILES string of the molecule is CC(C(=O)O)c1cc2cc(N)ccc2o1. The Bertz CT molecular complexity index is 516. The maximum absolute atomic E-state index is 10.8. The number of nitrogens with two attached hydrogens (primary N) is 1. The molecule has 1 atom stereocenters. The predicted octanol–water partition coefficient (Wildman–Crippen LogP) is 2.20. The monoisotopic (exact) mass is 205 g/mol. The summed E-state index contributed by atoms with van der Waals surface area (Å²) in [5, 5.41) is 9.66. The molecule has 1 aromatic carbocycles. The van der Waals surface area contributed by atoms with Gasteiger partial charge in [-0.15, -0.1) is 0 Å². The molecule has 78 valence electrons. The number of furan rings is 1. The maximum atomic E-state index is 10.8. The van der Waals surface area contributed by atoms with E-state index in [1.807, 2.05) is 0 Å². The van der Waals surface area contributed by atoms with Crippen molar-refractivity contribution in [3.8, 4) is 0 Å². The van der Waals surface area contributed by atoms with Crippen LogP contribution < -0.4 is 5.73 Å². The van der Waals surface area contributed by atoms with Gasteiger partial charge in [0.2, 0.25) is 0 Å². The molecule has 0 saturated heterocycles. The largest absolute Gasteiger partial charge is 0.481 e. The number of aliphatic carboxylic acids is 1. The zero-order chi connectivity index (χ0) is 11.0. The van der Waals surface area contributed by atoms with Gasteiger partial charge in [0.15, 0.2) is 0 Å². The Kier molecular flexibility index (Phi) is 2.11. The van der Waals surface area contributed by atoms with Crippen molar-refractivity contribution in [1.82, 2.24) is 0 Å². The molecule has 0 aliphatic rings. The zero-order valence-corrected chi connectivity index (χ0v) is 8.23. The van der Waals surface area contributed by atoms with E-state index in [-0.39, 0.29) is 0 Å². The van der Waals surface area contributed by atoms with E-state index in [1.165, 1.54) is 0 Å². The summed E-state index contributed by atoms with van der Waals surface area (Å²) in [6.07, 6.45) is 0. The second-order valence-corrected chi connectivity index (χ2v) is 3.51. The van der Waals surface area contributed by atoms with Crippen LogP contribution in [0.4, 0.5) is 5.69 Å². The Morgan fingerprint density at radius 3 is 2.87 bits per heavy atom. The van der Waals surface area contributed by atoms with E-state index >= 15 is 0 Å². The minimum absolute atomic E-state index is 0.447. The van der Waals surface area contributed by atoms with Crippen molar-refractivity contribution in [3.63, 3.8) is 0 Å². The minimum Gasteiger partial charge on any atom is -0.481 e. The van der Waals surface area contributed by atoms with Gasteiger partial charge in [0, 0.05) is 11.1 Å². The van der Waals surface area contributed by atoms with Crippen molar-refractivity contribution in [2.75, 3.05) is 5.73 Å². The first-order chi connectivity index (χ1) is 7.08. The third kappa shape index (κ3) is 1.66. The lowest BCUT2D eigenvalue weighted by atomic mass is 10.1. The summed E-state index contributed by atoms with van der Waals surface area (Å²) in [7, 11) is 0. The molecule has 1 aromatic heterocycles. The quantitative estimate of drug-likeness (QED) is 0.737. The van der Waals surface area contributed by atoms with E-state index < -0.39 is 11.9 Å². The molecular formula is C11H11NO3. The fourth-order valence-corrected chi connectivity index (χ4v) is 1.42. The molecule has 4 nitrogen and oxygen atoms in total. The molecule has 3 N–H and O–H groups in total. The van der Waals surface area contributed by atoms with E-state index in [1.54, 1.807) is 31.2 Å². The second kappa shape index (κ2) is 3.31. The lowest BCUT2D eigenvalue weighted by molar-refractivity contribution is -0.138. The van der Waals surface area contributed by atoms with Crippen molar-refractivity contribution in [2.45, 2.75) is 12.8 Å². The van der Waals surface area contributed by atoms with Crippen molar-refractivity contribution in [1.29, 1.82) is 0 Å². The van der Waals surface area contributed by atoms with Gasteiger partial charge in [-0.3, -0.25) is 4.79 Å². The van der Waals surface area contributed by atoms with Gasteiger partial charge in [0.1, 0.15) is 17.3 Å². The number of anilines is 1. The summed E-state index contributed by atoms with van der Waals surface area (Å²) in [6.45, 7) is 1.59. The van der Waals surface area contributed by atoms with Gasteiger partial charge in [-0.1, -0.05) is 0 Å². The highest BCUT2D eigenvalue weighted by molar-refractivity contribution is 5.83. The first kappa shape index (κ1) is 9.58. The molecule has 0 radical (unpaired) electrons. The van der Waals surface area contributed by atoms with Crippen LogP contribution in [0.5, 0.6) is 0 Å². The highest BCUT2D eigenvalue weighted by atomic mass is 16.4. The van der Waals surface area contributed by atoms with Gasteiger partial charge in [-0.2, -0.15) is 0 Å². The van der Waals surface area contributed by atoms with Crippen LogP contribution in [-0.2, 0) is 4.79 Å². The smallest absolute Gasteiger partial charge is 0.313 e. The van der Waals surface area contributed by atoms with E-state index in [2.05, 4.69) is 0 Å². The average Bonchev–Trinajstić information content (AvgIpc) is 2.58. The van der Waals surface area contributed by atoms with Gasteiger partial charge in [0.05, 0.1) is 0 Å². The molecule has 0 aliphatic carbocycles. The average molecular weight is 205 g/mol. The molecule has 2 rings (SSSR count). The number of hydrogen-bond acceptors (Lipinski definition) is 3. The van der Waals surface area contributed by atoms with Crippen molar-refractivity contribution >= 4 is 22.6 Å². The Balaban J connectivity index is 2.51. The van der Waals surface area contributed by atoms with E-state index in [4.69, 9.17) is 15.3 Å². The molecule has 0 aliphatic heterocycles. The molecule has 1 heterocycles. The Morgan fingerprint density at radius 1 is 1.47 bits per heavy atom. The zero-order valence-electron chi connectivity index (χ0n) is 8.23. The molecule has 0 bridgehead atoms. The van der Waals surface area contributed by atoms with Crippen molar-refractivity contribution in [3.05, 3.63) is 30.0 Å². The molecule has 15 heavy (non-hydrogen) atoms. The lowest BCUT2D eigenvalue weighted by Gasteiger charge is -1.99. The number of carbonyl (C=O) groups is 1. The third-order valence-corrected chi connectivity index (χ3v) is 2.36. The predicted molar refractivity (Wildman–Crippen MR) is 56.7 cm³/mol. The number of nitrogen functional groups attached to an aromatic ring is 1. The fraction of sp³-hybridized carbons (Fsp3) is 0.182. The Labute approximate surface area is 86.3 Å². The number of rotatable bonds is 2. The molecule has 0 amide bonds. The second-order valence-electron chi connectivity index (χ2n) is 3.51. The molecule has 1 unspecified atom stereocenters. The molecule has 0 saturated carbocycles. The summed E-state index contributed by atoms with van der Waals surface area (Å²) < 4.78 is 5.41. The molecule has 0 fully saturated rings. The first-order valence-electron chi connectivity index (χ1n) is 4.59. The number of hydrogen-bond donors (Lipinski definition) is 2. The summed E-state index contributed by atoms with van der Waals surface area (Å²) in [5.41, 5.74) is 6.91. The number of benzene rings is 1. The van der Waals surface area contributed by atoms with Crippen LogP contribution in [0.3, 0.4) is 0 Å². The highest BCUT2D eigenvalue weighted by Gasteiger charge is 2.18. The lowest BCUT2D eigenvalue weighted by Crippen LogP contribution is -2.05. The van der Waals surface area contributed by atoms with Gasteiger partial charge in [-0.05, 0) is 31.2 Å². The van der Waals surface area contributed by atoms with Crippen LogP contribution in [0.1, 0.15) is 18.6 Å². The normalized spacial score (nSPS) is 12.9. The van der Waals surface area contributed by atoms with Crippen LogP contribution in [0.2, 0.25) is 0 Å². The summed E-state index contributed by atoms with van der Waals surface area (Å²) >= 11 is 0. The summed E-state index contributed by atoms with van der Waals surface area (Å²) in [5.74, 6) is -1.09. The molecular weight excluding hydrogens is 194 g/mol. The molecule has 2 aromatic rings. The molecule has 0 spiro atoms. The maximum Gasteiger partial charge on any atom is 0.313 e. The fourth-order valence-electron chi connectivity index (χ4n) is 1.42. The van der Waals surface area contributed by atoms with E-state index in [0.717, 1.165) is 5.39 Å². The number of fused-ring (bicyclic) bond motifs is 1. The first-order valence-corrected chi connectivity index (χ1v) is 4.59. The van der Waals surface area contributed by atoms with Gasteiger partial charge in [-0.25, -0.2) is 0 Å². The highest BCUT2D eigenvalue weighted by Crippen LogP contribution is 2.26. The summed E-state index contributed by atoms with van der Waals surface area (Å²) in [4.78, 5) is 10.8. The van der Waals surface area contributed by atoms with Crippen molar-refractivity contribution < 1.29 is 14.3 Å². The van der Waals surface area contributed by atoms with Crippen LogP contribution in [0, 0.1) is 0 Å². The topological polar surface area (TPSA) is 76.5 Å². The van der Waals surface area contributed by atoms with E-state index in [0.29, 0.717) is 17.0 Å². The Morgan fingerprint density at radius 2 is 2.20 bits per heavy atom.